The minimum absolute atomic E-state index is 0.0280. The summed E-state index contributed by atoms with van der Waals surface area (Å²) in [5.41, 5.74) is 1.67. The molecule has 4 atom stereocenters. The van der Waals surface area contributed by atoms with Gasteiger partial charge in [-0.05, 0) is 36.4 Å². The summed E-state index contributed by atoms with van der Waals surface area (Å²) in [6.07, 6.45) is 2.53. The quantitative estimate of drug-likeness (QED) is 0.696. The third-order valence-electron chi connectivity index (χ3n) is 6.99. The van der Waals surface area contributed by atoms with Crippen molar-refractivity contribution in [2.75, 3.05) is 19.6 Å². The number of para-hydroxylation sites is 1. The van der Waals surface area contributed by atoms with Gasteiger partial charge in [-0.1, -0.05) is 18.2 Å². The second kappa shape index (κ2) is 6.69. The number of ether oxygens (including phenoxy) is 1. The predicted molar refractivity (Wildman–Crippen MR) is 112 cm³/mol. The number of carbonyl (C=O) groups is 1. The molecule has 1 spiro atoms. The van der Waals surface area contributed by atoms with Crippen LogP contribution >= 0.6 is 11.3 Å². The molecule has 3 fully saturated rings. The molecule has 0 aliphatic carbocycles. The fourth-order valence-electron chi connectivity index (χ4n) is 5.72. The zero-order chi connectivity index (χ0) is 19.4. The molecule has 2 aromatic heterocycles. The molecule has 0 radical (unpaired) electrons. The Balaban J connectivity index is 1.15. The lowest BCUT2D eigenvalue weighted by atomic mass is 9.73. The Labute approximate surface area is 173 Å². The molecule has 6 heteroatoms. The number of amides is 1. The number of hydrogen-bond donors (Lipinski definition) is 1. The summed E-state index contributed by atoms with van der Waals surface area (Å²) in [4.78, 5) is 14.9. The second-order valence-electron chi connectivity index (χ2n) is 8.67. The van der Waals surface area contributed by atoms with Crippen molar-refractivity contribution in [1.82, 2.24) is 10.2 Å². The van der Waals surface area contributed by atoms with Gasteiger partial charge in [-0.15, -0.1) is 0 Å². The first kappa shape index (κ1) is 17.7. The van der Waals surface area contributed by atoms with Crippen molar-refractivity contribution >= 4 is 28.2 Å². The summed E-state index contributed by atoms with van der Waals surface area (Å²) in [6.45, 7) is 3.48. The van der Waals surface area contributed by atoms with Crippen molar-refractivity contribution in [2.45, 2.75) is 31.1 Å². The first-order valence-electron chi connectivity index (χ1n) is 10.4. The molecule has 1 amide bonds. The maximum absolute atomic E-state index is 12.4. The van der Waals surface area contributed by atoms with Crippen LogP contribution in [0, 0.1) is 11.8 Å². The minimum atomic E-state index is -0.0333. The summed E-state index contributed by atoms with van der Waals surface area (Å²) in [6, 6.07) is 12.2. The molecule has 3 aliphatic heterocycles. The van der Waals surface area contributed by atoms with E-state index in [1.165, 1.54) is 0 Å². The highest BCUT2D eigenvalue weighted by atomic mass is 32.1. The van der Waals surface area contributed by atoms with E-state index in [1.54, 1.807) is 11.3 Å². The van der Waals surface area contributed by atoms with E-state index in [1.807, 2.05) is 35.0 Å². The number of furan rings is 1. The van der Waals surface area contributed by atoms with Crippen LogP contribution in [-0.4, -0.2) is 42.1 Å². The van der Waals surface area contributed by atoms with Gasteiger partial charge in [0.2, 0.25) is 0 Å². The molecule has 3 saturated heterocycles. The first-order valence-corrected chi connectivity index (χ1v) is 11.3. The smallest absolute Gasteiger partial charge is 0.252 e. The molecule has 3 aromatic rings. The number of fused-ring (bicyclic) bond motifs is 2. The second-order valence-corrected chi connectivity index (χ2v) is 9.45. The van der Waals surface area contributed by atoms with Crippen LogP contribution < -0.4 is 5.32 Å². The van der Waals surface area contributed by atoms with E-state index in [4.69, 9.17) is 9.15 Å². The van der Waals surface area contributed by atoms with Gasteiger partial charge >= 0.3 is 0 Å². The summed E-state index contributed by atoms with van der Waals surface area (Å²) < 4.78 is 12.6. The maximum Gasteiger partial charge on any atom is 0.252 e. The molecule has 29 heavy (non-hydrogen) atoms. The Kier molecular flexibility index (Phi) is 4.08. The van der Waals surface area contributed by atoms with Crippen LogP contribution in [0.25, 0.3) is 11.0 Å². The van der Waals surface area contributed by atoms with Gasteiger partial charge in [0.05, 0.1) is 18.2 Å². The van der Waals surface area contributed by atoms with Gasteiger partial charge in [0.25, 0.3) is 5.91 Å². The Hall–Kier alpha value is -2.15. The van der Waals surface area contributed by atoms with E-state index in [0.29, 0.717) is 18.4 Å². The molecule has 2 bridgehead atoms. The third kappa shape index (κ3) is 2.93. The highest BCUT2D eigenvalue weighted by molar-refractivity contribution is 7.08. The molecule has 150 valence electrons. The van der Waals surface area contributed by atoms with Crippen molar-refractivity contribution in [2.24, 2.45) is 11.8 Å². The Morgan fingerprint density at radius 3 is 3.10 bits per heavy atom. The van der Waals surface area contributed by atoms with Crippen LogP contribution in [0.1, 0.15) is 29.0 Å². The SMILES string of the molecule is O=C(NC[C@H]1[C@H]2CN(Cc3cc4ccccc4o3)C[C@]23CC[C@H]1O3)c1ccsc1. The number of nitrogens with one attached hydrogen (secondary N) is 1. The minimum Gasteiger partial charge on any atom is -0.460 e. The largest absolute Gasteiger partial charge is 0.460 e. The zero-order valence-corrected chi connectivity index (χ0v) is 17.0. The van der Waals surface area contributed by atoms with Gasteiger partial charge in [0.1, 0.15) is 11.3 Å². The highest BCUT2D eigenvalue weighted by Gasteiger charge is 2.62. The van der Waals surface area contributed by atoms with Gasteiger partial charge in [0, 0.05) is 47.8 Å². The highest BCUT2D eigenvalue weighted by Crippen LogP contribution is 2.54. The predicted octanol–water partition coefficient (Wildman–Crippen LogP) is 3.90. The Bertz CT molecular complexity index is 1010. The first-order chi connectivity index (χ1) is 14.2. The number of nitrogens with zero attached hydrogens (tertiary/aromatic N) is 1. The molecule has 5 nitrogen and oxygen atoms in total. The van der Waals surface area contributed by atoms with E-state index in [-0.39, 0.29) is 17.6 Å². The van der Waals surface area contributed by atoms with Crippen molar-refractivity contribution in [1.29, 1.82) is 0 Å². The van der Waals surface area contributed by atoms with E-state index in [2.05, 4.69) is 22.3 Å². The normalized spacial score (nSPS) is 30.8. The van der Waals surface area contributed by atoms with E-state index < -0.39 is 0 Å². The van der Waals surface area contributed by atoms with Crippen LogP contribution in [0.15, 0.2) is 51.6 Å². The Morgan fingerprint density at radius 2 is 2.24 bits per heavy atom. The molecule has 5 heterocycles. The van der Waals surface area contributed by atoms with Gasteiger partial charge in [-0.25, -0.2) is 0 Å². The number of hydrogen-bond acceptors (Lipinski definition) is 5. The number of rotatable bonds is 5. The van der Waals surface area contributed by atoms with Crippen LogP contribution in [0.3, 0.4) is 0 Å². The van der Waals surface area contributed by atoms with Gasteiger partial charge in [0.15, 0.2) is 0 Å². The molecule has 1 N–H and O–H groups in total. The van der Waals surface area contributed by atoms with Gasteiger partial charge in [-0.2, -0.15) is 11.3 Å². The molecule has 0 unspecified atom stereocenters. The van der Waals surface area contributed by atoms with Crippen molar-refractivity contribution in [3.8, 4) is 0 Å². The average Bonchev–Trinajstić information content (AvgIpc) is 3.51. The van der Waals surface area contributed by atoms with Crippen LogP contribution in [0.2, 0.25) is 0 Å². The third-order valence-corrected chi connectivity index (χ3v) is 7.68. The zero-order valence-electron chi connectivity index (χ0n) is 16.2. The van der Waals surface area contributed by atoms with Gasteiger partial charge < -0.3 is 14.5 Å². The summed E-state index contributed by atoms with van der Waals surface area (Å²) in [5, 5.41) is 8.16. The van der Waals surface area contributed by atoms with E-state index in [0.717, 1.165) is 54.8 Å². The molecular weight excluding hydrogens is 384 g/mol. The summed E-state index contributed by atoms with van der Waals surface area (Å²) >= 11 is 1.55. The van der Waals surface area contributed by atoms with Crippen molar-refractivity contribution in [3.05, 3.63) is 58.5 Å². The summed E-state index contributed by atoms with van der Waals surface area (Å²) in [5.74, 6) is 1.92. The van der Waals surface area contributed by atoms with Crippen molar-refractivity contribution < 1.29 is 13.9 Å². The Morgan fingerprint density at radius 1 is 1.31 bits per heavy atom. The molecular formula is C23H24N2O3S. The monoisotopic (exact) mass is 408 g/mol. The molecule has 6 rings (SSSR count). The fourth-order valence-corrected chi connectivity index (χ4v) is 6.36. The van der Waals surface area contributed by atoms with Crippen molar-refractivity contribution in [3.63, 3.8) is 0 Å². The van der Waals surface area contributed by atoms with Crippen LogP contribution in [0.5, 0.6) is 0 Å². The average molecular weight is 409 g/mol. The number of carbonyl (C=O) groups excluding carboxylic acids is 1. The lowest BCUT2D eigenvalue weighted by molar-refractivity contribution is 0.00171. The maximum atomic E-state index is 12.4. The molecule has 1 aromatic carbocycles. The number of benzene rings is 1. The van der Waals surface area contributed by atoms with Crippen LogP contribution in [-0.2, 0) is 11.3 Å². The fraction of sp³-hybridized carbons (Fsp3) is 0.435. The molecule has 0 saturated carbocycles. The van der Waals surface area contributed by atoms with E-state index >= 15 is 0 Å². The van der Waals surface area contributed by atoms with E-state index in [9.17, 15) is 4.79 Å². The lowest BCUT2D eigenvalue weighted by Gasteiger charge is -2.29. The standard InChI is InChI=1S/C23H24N2O3S/c26-22(16-6-8-29-13-16)24-10-18-19-12-25(14-23(19)7-5-21(18)28-23)11-17-9-15-3-1-2-4-20(15)27-17/h1-4,6,8-9,13,18-19,21H,5,7,10-12,14H2,(H,24,26)/t18-,19+,21+,23+/m0/s1. The lowest BCUT2D eigenvalue weighted by Crippen LogP contribution is -2.41. The topological polar surface area (TPSA) is 54.7 Å². The summed E-state index contributed by atoms with van der Waals surface area (Å²) in [7, 11) is 0. The van der Waals surface area contributed by atoms with Gasteiger partial charge in [-0.3, -0.25) is 9.69 Å². The molecule has 3 aliphatic rings. The number of likely N-dealkylation sites (tertiary alicyclic amines) is 1. The number of thiophene rings is 1. The van der Waals surface area contributed by atoms with Crippen LogP contribution in [0.4, 0.5) is 0 Å².